The van der Waals surface area contributed by atoms with Crippen LogP contribution >= 0.6 is 0 Å². The lowest BCUT2D eigenvalue weighted by atomic mass is 9.83. The molecular formula is C19H27N7O2. The molecule has 9 heteroatoms. The Morgan fingerprint density at radius 1 is 1.36 bits per heavy atom. The Labute approximate surface area is 164 Å². The lowest BCUT2D eigenvalue weighted by Gasteiger charge is -2.44. The van der Waals surface area contributed by atoms with Crippen molar-refractivity contribution in [2.24, 2.45) is 7.05 Å². The first-order chi connectivity index (χ1) is 13.4. The summed E-state index contributed by atoms with van der Waals surface area (Å²) in [6, 6.07) is 1.79. The Bertz CT molecular complexity index is 856. The summed E-state index contributed by atoms with van der Waals surface area (Å²) in [7, 11) is 5.72. The normalized spacial score (nSPS) is 18.7. The van der Waals surface area contributed by atoms with Gasteiger partial charge in [-0.3, -0.25) is 14.4 Å². The summed E-state index contributed by atoms with van der Waals surface area (Å²) in [5.41, 5.74) is 1.84. The van der Waals surface area contributed by atoms with E-state index in [9.17, 15) is 4.79 Å². The number of fused-ring (bicyclic) bond motifs is 2. The number of piperidine rings is 1. The predicted molar refractivity (Wildman–Crippen MR) is 105 cm³/mol. The van der Waals surface area contributed by atoms with Crippen molar-refractivity contribution in [3.63, 3.8) is 0 Å². The number of anilines is 2. The molecule has 0 saturated carbocycles. The van der Waals surface area contributed by atoms with Gasteiger partial charge in [0, 0.05) is 52.7 Å². The topological polar surface area (TPSA) is 88.4 Å². The zero-order chi connectivity index (χ0) is 19.7. The van der Waals surface area contributed by atoms with Crippen LogP contribution in [0.4, 0.5) is 11.8 Å². The molecule has 2 aromatic rings. The van der Waals surface area contributed by atoms with Crippen LogP contribution in [-0.2, 0) is 28.6 Å². The summed E-state index contributed by atoms with van der Waals surface area (Å²) < 4.78 is 7.94. The number of aryl methyl sites for hydroxylation is 1. The highest BCUT2D eigenvalue weighted by atomic mass is 16.5. The summed E-state index contributed by atoms with van der Waals surface area (Å²) >= 11 is 0. The number of aromatic nitrogens is 4. The van der Waals surface area contributed by atoms with E-state index in [4.69, 9.17) is 9.72 Å². The molecular weight excluding hydrogens is 358 g/mol. The van der Waals surface area contributed by atoms with Crippen LogP contribution in [0, 0.1) is 0 Å². The van der Waals surface area contributed by atoms with Gasteiger partial charge in [-0.05, 0) is 24.8 Å². The van der Waals surface area contributed by atoms with Crippen LogP contribution in [-0.4, -0.2) is 70.9 Å². The fraction of sp³-hybridized carbons (Fsp3) is 0.579. The number of ether oxygens (including phenoxy) is 1. The smallest absolute Gasteiger partial charge is 0.239 e. The van der Waals surface area contributed by atoms with E-state index < -0.39 is 0 Å². The summed E-state index contributed by atoms with van der Waals surface area (Å²) in [5.74, 6) is 1.25. The quantitative estimate of drug-likeness (QED) is 0.832. The molecule has 1 spiro atoms. The first-order valence-electron chi connectivity index (χ1n) is 9.65. The molecule has 2 aliphatic rings. The SMILES string of the molecule is CN(C)c1ncc2c(n1)C1(CCN(CC(=O)Nc3ccn(C)n3)CC1)OCC2. The number of amides is 1. The van der Waals surface area contributed by atoms with E-state index in [2.05, 4.69) is 20.3 Å². The standard InChI is InChI=1S/C19H27N7O2/c1-24(2)18-20-12-14-5-11-28-19(17(14)22-18)6-9-26(10-7-19)13-16(27)21-15-4-8-25(3)23-15/h4,8,12H,5-7,9-11,13H2,1-3H3,(H,21,23,27). The molecule has 0 radical (unpaired) electrons. The Morgan fingerprint density at radius 3 is 2.82 bits per heavy atom. The molecule has 0 aliphatic carbocycles. The summed E-state index contributed by atoms with van der Waals surface area (Å²) in [5, 5.41) is 7.03. The van der Waals surface area contributed by atoms with Gasteiger partial charge in [0.05, 0.1) is 18.8 Å². The van der Waals surface area contributed by atoms with E-state index in [0.29, 0.717) is 24.9 Å². The molecule has 1 N–H and O–H groups in total. The van der Waals surface area contributed by atoms with Crippen molar-refractivity contribution in [3.05, 3.63) is 29.7 Å². The van der Waals surface area contributed by atoms with Crippen LogP contribution in [0.1, 0.15) is 24.1 Å². The molecule has 4 heterocycles. The molecule has 4 rings (SSSR count). The van der Waals surface area contributed by atoms with E-state index in [1.165, 1.54) is 5.56 Å². The molecule has 0 atom stereocenters. The predicted octanol–water partition coefficient (Wildman–Crippen LogP) is 0.779. The number of carbonyl (C=O) groups excluding carboxylic acids is 1. The third kappa shape index (κ3) is 3.72. The van der Waals surface area contributed by atoms with Crippen molar-refractivity contribution in [1.29, 1.82) is 0 Å². The van der Waals surface area contributed by atoms with E-state index in [1.54, 1.807) is 10.7 Å². The minimum atomic E-state index is -0.366. The Morgan fingerprint density at radius 2 is 2.14 bits per heavy atom. The van der Waals surface area contributed by atoms with Crippen molar-refractivity contribution in [1.82, 2.24) is 24.6 Å². The zero-order valence-corrected chi connectivity index (χ0v) is 16.7. The van der Waals surface area contributed by atoms with Crippen LogP contribution in [0.15, 0.2) is 18.5 Å². The van der Waals surface area contributed by atoms with Gasteiger partial charge in [0.2, 0.25) is 11.9 Å². The van der Waals surface area contributed by atoms with Crippen LogP contribution < -0.4 is 10.2 Å². The largest absolute Gasteiger partial charge is 0.368 e. The van der Waals surface area contributed by atoms with Crippen molar-refractivity contribution in [2.45, 2.75) is 24.9 Å². The first kappa shape index (κ1) is 18.8. The third-order valence-corrected chi connectivity index (χ3v) is 5.45. The summed E-state index contributed by atoms with van der Waals surface area (Å²) in [6.07, 6.45) is 6.24. The van der Waals surface area contributed by atoms with Crippen LogP contribution in [0.5, 0.6) is 0 Å². The molecule has 9 nitrogen and oxygen atoms in total. The highest BCUT2D eigenvalue weighted by Crippen LogP contribution is 2.40. The summed E-state index contributed by atoms with van der Waals surface area (Å²) in [4.78, 5) is 25.7. The number of rotatable bonds is 4. The molecule has 0 aromatic carbocycles. The second-order valence-corrected chi connectivity index (χ2v) is 7.73. The number of likely N-dealkylation sites (tertiary alicyclic amines) is 1. The van der Waals surface area contributed by atoms with Gasteiger partial charge >= 0.3 is 0 Å². The van der Waals surface area contributed by atoms with Gasteiger partial charge in [-0.1, -0.05) is 0 Å². The van der Waals surface area contributed by atoms with E-state index in [-0.39, 0.29) is 11.5 Å². The van der Waals surface area contributed by atoms with Crippen molar-refractivity contribution >= 4 is 17.7 Å². The second kappa shape index (κ2) is 7.48. The Hall–Kier alpha value is -2.52. The number of hydrogen-bond acceptors (Lipinski definition) is 7. The van der Waals surface area contributed by atoms with Gasteiger partial charge in [-0.2, -0.15) is 5.10 Å². The van der Waals surface area contributed by atoms with Crippen molar-refractivity contribution < 1.29 is 9.53 Å². The molecule has 1 saturated heterocycles. The first-order valence-corrected chi connectivity index (χ1v) is 9.65. The molecule has 0 unspecified atom stereocenters. The van der Waals surface area contributed by atoms with Gasteiger partial charge in [0.15, 0.2) is 5.82 Å². The van der Waals surface area contributed by atoms with Gasteiger partial charge in [0.1, 0.15) is 5.60 Å². The van der Waals surface area contributed by atoms with Crippen LogP contribution in [0.2, 0.25) is 0 Å². The molecule has 150 valence electrons. The molecule has 28 heavy (non-hydrogen) atoms. The maximum absolute atomic E-state index is 12.3. The van der Waals surface area contributed by atoms with Gasteiger partial charge < -0.3 is 15.0 Å². The molecule has 1 amide bonds. The lowest BCUT2D eigenvalue weighted by Crippen LogP contribution is -2.49. The Kier molecular flexibility index (Phi) is 5.03. The third-order valence-electron chi connectivity index (χ3n) is 5.45. The van der Waals surface area contributed by atoms with Crippen LogP contribution in [0.3, 0.4) is 0 Å². The average Bonchev–Trinajstić information content (AvgIpc) is 3.08. The highest BCUT2D eigenvalue weighted by molar-refractivity contribution is 5.91. The molecule has 1 fully saturated rings. The lowest BCUT2D eigenvalue weighted by molar-refractivity contribution is -0.122. The Balaban J connectivity index is 1.41. The number of hydrogen-bond donors (Lipinski definition) is 1. The molecule has 2 aliphatic heterocycles. The number of carbonyl (C=O) groups is 1. The van der Waals surface area contributed by atoms with Gasteiger partial charge in [-0.25, -0.2) is 9.97 Å². The minimum Gasteiger partial charge on any atom is -0.368 e. The fourth-order valence-corrected chi connectivity index (χ4v) is 3.94. The van der Waals surface area contributed by atoms with Crippen molar-refractivity contribution in [2.75, 3.05) is 50.6 Å². The maximum atomic E-state index is 12.3. The van der Waals surface area contributed by atoms with Crippen molar-refractivity contribution in [3.8, 4) is 0 Å². The average molecular weight is 385 g/mol. The summed E-state index contributed by atoms with van der Waals surface area (Å²) in [6.45, 7) is 2.62. The highest BCUT2D eigenvalue weighted by Gasteiger charge is 2.42. The number of nitrogens with zero attached hydrogens (tertiary/aromatic N) is 6. The van der Waals surface area contributed by atoms with E-state index in [0.717, 1.165) is 38.0 Å². The van der Waals surface area contributed by atoms with E-state index in [1.807, 2.05) is 38.4 Å². The maximum Gasteiger partial charge on any atom is 0.239 e. The van der Waals surface area contributed by atoms with Gasteiger partial charge in [-0.15, -0.1) is 0 Å². The number of nitrogens with one attached hydrogen (secondary N) is 1. The minimum absolute atomic E-state index is 0.0446. The van der Waals surface area contributed by atoms with E-state index >= 15 is 0 Å². The van der Waals surface area contributed by atoms with Crippen LogP contribution in [0.25, 0.3) is 0 Å². The zero-order valence-electron chi connectivity index (χ0n) is 16.7. The molecule has 2 aromatic heterocycles. The monoisotopic (exact) mass is 385 g/mol. The molecule has 0 bridgehead atoms. The second-order valence-electron chi connectivity index (χ2n) is 7.73. The fourth-order valence-electron chi connectivity index (χ4n) is 3.94. The van der Waals surface area contributed by atoms with Gasteiger partial charge in [0.25, 0.3) is 0 Å².